The molecule has 154 valence electrons. The number of fused-ring (bicyclic) bond motifs is 1. The lowest BCUT2D eigenvalue weighted by molar-refractivity contribution is 0.297. The molecule has 8 heteroatoms. The van der Waals surface area contributed by atoms with E-state index in [1.54, 1.807) is 11.3 Å². The molecule has 6 nitrogen and oxygen atoms in total. The van der Waals surface area contributed by atoms with Crippen molar-refractivity contribution in [1.29, 1.82) is 0 Å². The van der Waals surface area contributed by atoms with Crippen molar-refractivity contribution in [2.75, 3.05) is 26.3 Å². The molecule has 3 rings (SSSR count). The number of guanidine groups is 1. The van der Waals surface area contributed by atoms with Gasteiger partial charge in [0.1, 0.15) is 0 Å². The van der Waals surface area contributed by atoms with Crippen molar-refractivity contribution in [3.05, 3.63) is 39.8 Å². The number of benzene rings is 1. The van der Waals surface area contributed by atoms with Gasteiger partial charge in [-0.2, -0.15) is 0 Å². The van der Waals surface area contributed by atoms with Gasteiger partial charge >= 0.3 is 0 Å². The highest BCUT2D eigenvalue weighted by molar-refractivity contribution is 14.0. The van der Waals surface area contributed by atoms with Gasteiger partial charge in [0.15, 0.2) is 17.5 Å². The smallest absolute Gasteiger partial charge is 0.191 e. The van der Waals surface area contributed by atoms with Crippen LogP contribution >= 0.6 is 35.3 Å². The molecule has 28 heavy (non-hydrogen) atoms. The number of nitrogens with zero attached hydrogens (tertiary/aromatic N) is 2. The Labute approximate surface area is 188 Å². The number of ether oxygens (including phenoxy) is 2. The molecule has 0 spiro atoms. The van der Waals surface area contributed by atoms with Crippen LogP contribution < -0.4 is 20.1 Å². The molecule has 0 bridgehead atoms. The number of rotatable bonds is 7. The Morgan fingerprint density at radius 2 is 2.00 bits per heavy atom. The molecule has 0 atom stereocenters. The molecule has 0 aliphatic carbocycles. The quantitative estimate of drug-likeness (QED) is 0.333. The molecule has 2 heterocycles. The normalized spacial score (nSPS) is 13.4. The van der Waals surface area contributed by atoms with Gasteiger partial charge < -0.3 is 20.1 Å². The van der Waals surface area contributed by atoms with Crippen molar-refractivity contribution in [1.82, 2.24) is 15.6 Å². The molecular weight excluding hydrogens is 487 g/mol. The van der Waals surface area contributed by atoms with Crippen LogP contribution in [0.4, 0.5) is 0 Å². The first kappa shape index (κ1) is 22.7. The molecule has 1 aromatic carbocycles. The van der Waals surface area contributed by atoms with Crippen LogP contribution in [0.2, 0.25) is 0 Å². The van der Waals surface area contributed by atoms with Gasteiger partial charge in [-0.25, -0.2) is 9.98 Å². The maximum absolute atomic E-state index is 5.76. The first-order chi connectivity index (χ1) is 13.3. The molecule has 0 unspecified atom stereocenters. The summed E-state index contributed by atoms with van der Waals surface area (Å²) in [5.41, 5.74) is 1.10. The summed E-state index contributed by atoms with van der Waals surface area (Å²) in [5, 5.41) is 7.85. The van der Waals surface area contributed by atoms with Crippen molar-refractivity contribution < 1.29 is 9.47 Å². The van der Waals surface area contributed by atoms with Crippen molar-refractivity contribution >= 4 is 41.3 Å². The fraction of sp³-hybridized carbons (Fsp3) is 0.500. The topological polar surface area (TPSA) is 67.8 Å². The fourth-order valence-electron chi connectivity index (χ4n) is 2.73. The van der Waals surface area contributed by atoms with E-state index >= 15 is 0 Å². The standard InChI is InChI=1S/C20H28N4O2S.HI/c1-3-16-14-23-19(27-16)8-9-22-20(21-4-2)24-13-15-6-7-17-18(12-15)26-11-5-10-25-17;/h6-7,12,14H,3-5,8-11,13H2,1-2H3,(H2,21,22,24);1H. The van der Waals surface area contributed by atoms with Gasteiger partial charge in [-0.05, 0) is 31.0 Å². The highest BCUT2D eigenvalue weighted by atomic mass is 127. The van der Waals surface area contributed by atoms with Gasteiger partial charge in [-0.1, -0.05) is 13.0 Å². The number of hydrogen-bond donors (Lipinski definition) is 2. The third-order valence-electron chi connectivity index (χ3n) is 4.16. The largest absolute Gasteiger partial charge is 0.490 e. The zero-order chi connectivity index (χ0) is 18.9. The van der Waals surface area contributed by atoms with E-state index in [4.69, 9.17) is 9.47 Å². The Bertz CT molecular complexity index is 766. The number of thiazole rings is 1. The van der Waals surface area contributed by atoms with Crippen molar-refractivity contribution in [3.8, 4) is 11.5 Å². The minimum atomic E-state index is 0. The predicted octanol–water partition coefficient (Wildman–Crippen LogP) is 3.78. The number of nitrogens with one attached hydrogen (secondary N) is 2. The van der Waals surface area contributed by atoms with Crippen LogP contribution in [0.3, 0.4) is 0 Å². The minimum absolute atomic E-state index is 0. The third-order valence-corrected chi connectivity index (χ3v) is 5.36. The van der Waals surface area contributed by atoms with E-state index in [1.165, 1.54) is 4.88 Å². The van der Waals surface area contributed by atoms with E-state index in [1.807, 2.05) is 24.4 Å². The second-order valence-corrected chi connectivity index (χ2v) is 7.48. The number of hydrogen-bond acceptors (Lipinski definition) is 5. The molecule has 0 amide bonds. The second-order valence-electron chi connectivity index (χ2n) is 6.28. The number of aliphatic imine (C=N–C) groups is 1. The maximum atomic E-state index is 5.76. The maximum Gasteiger partial charge on any atom is 0.191 e. The highest BCUT2D eigenvalue weighted by Gasteiger charge is 2.10. The SMILES string of the molecule is CCNC(=NCc1ccc2c(c1)OCCCO2)NCCc1ncc(CC)s1.I. The zero-order valence-corrected chi connectivity index (χ0v) is 19.6. The van der Waals surface area contributed by atoms with Crippen LogP contribution in [0.5, 0.6) is 11.5 Å². The average molecular weight is 516 g/mol. The van der Waals surface area contributed by atoms with Gasteiger partial charge in [-0.3, -0.25) is 0 Å². The zero-order valence-electron chi connectivity index (χ0n) is 16.5. The fourth-order valence-corrected chi connectivity index (χ4v) is 3.59. The van der Waals surface area contributed by atoms with Gasteiger partial charge in [0, 0.05) is 37.0 Å². The summed E-state index contributed by atoms with van der Waals surface area (Å²) in [4.78, 5) is 10.5. The van der Waals surface area contributed by atoms with E-state index in [0.717, 1.165) is 60.4 Å². The van der Waals surface area contributed by atoms with E-state index < -0.39 is 0 Å². The predicted molar refractivity (Wildman–Crippen MR) is 125 cm³/mol. The third kappa shape index (κ3) is 6.80. The van der Waals surface area contributed by atoms with Crippen molar-refractivity contribution in [2.24, 2.45) is 4.99 Å². The van der Waals surface area contributed by atoms with E-state index in [2.05, 4.69) is 34.5 Å². The molecule has 0 fully saturated rings. The summed E-state index contributed by atoms with van der Waals surface area (Å²) in [6.07, 6.45) is 4.84. The number of aryl methyl sites for hydroxylation is 1. The molecule has 0 radical (unpaired) electrons. The summed E-state index contributed by atoms with van der Waals surface area (Å²) < 4.78 is 11.4. The summed E-state index contributed by atoms with van der Waals surface area (Å²) in [7, 11) is 0. The molecule has 2 N–H and O–H groups in total. The molecule has 0 saturated heterocycles. The Morgan fingerprint density at radius 3 is 2.75 bits per heavy atom. The van der Waals surface area contributed by atoms with Crippen molar-refractivity contribution in [2.45, 2.75) is 39.7 Å². The van der Waals surface area contributed by atoms with Gasteiger partial charge in [0.05, 0.1) is 24.8 Å². The lowest BCUT2D eigenvalue weighted by atomic mass is 10.2. The molecular formula is C20H29IN4O2S. The molecule has 1 aliphatic rings. The van der Waals surface area contributed by atoms with Crippen LogP contribution in [-0.2, 0) is 19.4 Å². The lowest BCUT2D eigenvalue weighted by Gasteiger charge is -2.11. The summed E-state index contributed by atoms with van der Waals surface area (Å²) in [6, 6.07) is 6.04. The monoisotopic (exact) mass is 516 g/mol. The van der Waals surface area contributed by atoms with Crippen LogP contribution in [0, 0.1) is 0 Å². The van der Waals surface area contributed by atoms with Crippen LogP contribution in [-0.4, -0.2) is 37.2 Å². The van der Waals surface area contributed by atoms with Gasteiger partial charge in [0.2, 0.25) is 0 Å². The first-order valence-corrected chi connectivity index (χ1v) is 10.4. The van der Waals surface area contributed by atoms with Crippen LogP contribution in [0.1, 0.15) is 35.7 Å². The van der Waals surface area contributed by atoms with E-state index in [9.17, 15) is 0 Å². The van der Waals surface area contributed by atoms with Gasteiger partial charge in [-0.15, -0.1) is 35.3 Å². The molecule has 1 aliphatic heterocycles. The molecule has 2 aromatic rings. The summed E-state index contributed by atoms with van der Waals surface area (Å²) >= 11 is 1.79. The highest BCUT2D eigenvalue weighted by Crippen LogP contribution is 2.30. The minimum Gasteiger partial charge on any atom is -0.490 e. The van der Waals surface area contributed by atoms with Crippen molar-refractivity contribution in [3.63, 3.8) is 0 Å². The second kappa shape index (κ2) is 12.1. The molecule has 1 aromatic heterocycles. The number of halogens is 1. The Balaban J connectivity index is 0.00000280. The van der Waals surface area contributed by atoms with E-state index in [0.29, 0.717) is 19.8 Å². The van der Waals surface area contributed by atoms with E-state index in [-0.39, 0.29) is 24.0 Å². The number of aromatic nitrogens is 1. The molecule has 0 saturated carbocycles. The lowest BCUT2D eigenvalue weighted by Crippen LogP contribution is -2.38. The van der Waals surface area contributed by atoms with Crippen LogP contribution in [0.25, 0.3) is 0 Å². The van der Waals surface area contributed by atoms with Crippen LogP contribution in [0.15, 0.2) is 29.4 Å². The Hall–Kier alpha value is -1.55. The van der Waals surface area contributed by atoms with Gasteiger partial charge in [0.25, 0.3) is 0 Å². The first-order valence-electron chi connectivity index (χ1n) is 9.62. The average Bonchev–Trinajstić information content (AvgIpc) is 3.02. The summed E-state index contributed by atoms with van der Waals surface area (Å²) in [6.45, 7) is 7.85. The summed E-state index contributed by atoms with van der Waals surface area (Å²) in [5.74, 6) is 2.45. The Morgan fingerprint density at radius 1 is 1.18 bits per heavy atom. The Kier molecular flexibility index (Phi) is 9.83.